The first-order chi connectivity index (χ1) is 8.29. The highest BCUT2D eigenvalue weighted by Crippen LogP contribution is 2.25. The van der Waals surface area contributed by atoms with Gasteiger partial charge in [-0.2, -0.15) is 28.8 Å². The minimum atomic E-state index is 0.656. The highest BCUT2D eigenvalue weighted by atomic mass is 79.9. The van der Waals surface area contributed by atoms with E-state index < -0.39 is 0 Å². The number of benzene rings is 1. The van der Waals surface area contributed by atoms with Gasteiger partial charge in [-0.25, -0.2) is 0 Å². The van der Waals surface area contributed by atoms with Gasteiger partial charge in [0.25, 0.3) is 0 Å². The zero-order valence-electron chi connectivity index (χ0n) is 9.28. The molecule has 1 saturated heterocycles. The molecule has 0 spiro atoms. The van der Waals surface area contributed by atoms with E-state index in [4.69, 9.17) is 5.26 Å². The predicted octanol–water partition coefficient (Wildman–Crippen LogP) is 3.58. The zero-order chi connectivity index (χ0) is 12.1. The number of halogens is 1. The van der Waals surface area contributed by atoms with Gasteiger partial charge in [0, 0.05) is 33.5 Å². The predicted molar refractivity (Wildman–Crippen MR) is 80.9 cm³/mol. The van der Waals surface area contributed by atoms with Crippen LogP contribution >= 0.6 is 39.5 Å². The Hall–Kier alpha value is -0.310. The van der Waals surface area contributed by atoms with Gasteiger partial charge in [0.1, 0.15) is 6.07 Å². The van der Waals surface area contributed by atoms with Crippen LogP contribution in [0.3, 0.4) is 0 Å². The van der Waals surface area contributed by atoms with Crippen molar-refractivity contribution >= 4 is 45.1 Å². The fraction of sp³-hybridized carbons (Fsp3) is 0.417. The summed E-state index contributed by atoms with van der Waals surface area (Å²) in [5, 5.41) is 13.1. The molecule has 0 bridgehead atoms. The summed E-state index contributed by atoms with van der Waals surface area (Å²) in [4.78, 5) is 0. The number of nitrogens with zero attached hydrogens (tertiary/aromatic N) is 1. The molecule has 0 aromatic heterocycles. The maximum Gasteiger partial charge on any atom is 0.101 e. The third-order valence-corrected chi connectivity index (χ3v) is 5.85. The second-order valence-electron chi connectivity index (χ2n) is 3.75. The number of hydrogen-bond donors (Lipinski definition) is 1. The molecule has 1 aromatic carbocycles. The second kappa shape index (κ2) is 6.58. The van der Waals surface area contributed by atoms with Gasteiger partial charge in [0.2, 0.25) is 0 Å². The van der Waals surface area contributed by atoms with Crippen molar-refractivity contribution in [3.05, 3.63) is 28.2 Å². The smallest absolute Gasteiger partial charge is 0.101 e. The van der Waals surface area contributed by atoms with E-state index in [0.717, 1.165) is 16.7 Å². The monoisotopic (exact) mass is 328 g/mol. The molecular formula is C12H13BrN2S2. The molecule has 0 aliphatic carbocycles. The molecule has 1 heterocycles. The summed E-state index contributed by atoms with van der Waals surface area (Å²) in [6.45, 7) is 0.938. The van der Waals surface area contributed by atoms with E-state index in [1.165, 1.54) is 17.3 Å². The van der Waals surface area contributed by atoms with Crippen molar-refractivity contribution in [2.45, 2.75) is 5.25 Å². The highest BCUT2D eigenvalue weighted by Gasteiger charge is 2.14. The number of nitrogens with one attached hydrogen (secondary N) is 1. The number of hydrogen-bond acceptors (Lipinski definition) is 4. The Bertz CT molecular complexity index is 425. The van der Waals surface area contributed by atoms with Crippen LogP contribution in [0.4, 0.5) is 5.69 Å². The molecule has 90 valence electrons. The van der Waals surface area contributed by atoms with Gasteiger partial charge < -0.3 is 5.32 Å². The molecule has 1 unspecified atom stereocenters. The Labute approximate surface area is 119 Å². The average Bonchev–Trinajstić information content (AvgIpc) is 2.38. The molecule has 1 fully saturated rings. The lowest BCUT2D eigenvalue weighted by Crippen LogP contribution is -2.23. The minimum absolute atomic E-state index is 0.656. The molecule has 0 radical (unpaired) electrons. The summed E-state index contributed by atoms with van der Waals surface area (Å²) < 4.78 is 0.946. The Morgan fingerprint density at radius 3 is 3.06 bits per heavy atom. The molecule has 1 aromatic rings. The van der Waals surface area contributed by atoms with E-state index in [9.17, 15) is 0 Å². The third-order valence-electron chi connectivity index (χ3n) is 2.51. The van der Waals surface area contributed by atoms with Gasteiger partial charge >= 0.3 is 0 Å². The highest BCUT2D eigenvalue weighted by molar-refractivity contribution is 9.10. The first-order valence-electron chi connectivity index (χ1n) is 5.42. The molecule has 5 heteroatoms. The molecule has 1 aliphatic heterocycles. The Morgan fingerprint density at radius 1 is 1.47 bits per heavy atom. The largest absolute Gasteiger partial charge is 0.383 e. The first-order valence-corrected chi connectivity index (χ1v) is 8.42. The van der Waals surface area contributed by atoms with Crippen molar-refractivity contribution in [3.63, 3.8) is 0 Å². The molecule has 17 heavy (non-hydrogen) atoms. The number of nitriles is 1. The van der Waals surface area contributed by atoms with Crippen LogP contribution in [0.1, 0.15) is 5.56 Å². The van der Waals surface area contributed by atoms with Crippen LogP contribution in [0.5, 0.6) is 0 Å². The van der Waals surface area contributed by atoms with Crippen molar-refractivity contribution in [3.8, 4) is 6.07 Å². The number of rotatable bonds is 3. The maximum absolute atomic E-state index is 9.06. The third kappa shape index (κ3) is 3.84. The summed E-state index contributed by atoms with van der Waals surface area (Å²) in [6, 6.07) is 8.00. The van der Waals surface area contributed by atoms with Gasteiger partial charge in [-0.05, 0) is 18.2 Å². The molecule has 0 saturated carbocycles. The van der Waals surface area contributed by atoms with E-state index in [1.807, 2.05) is 41.7 Å². The van der Waals surface area contributed by atoms with Crippen LogP contribution in [-0.2, 0) is 0 Å². The molecule has 2 rings (SSSR count). The molecule has 1 atom stereocenters. The minimum Gasteiger partial charge on any atom is -0.383 e. The van der Waals surface area contributed by atoms with E-state index in [1.54, 1.807) is 0 Å². The summed E-state index contributed by atoms with van der Waals surface area (Å²) >= 11 is 7.42. The van der Waals surface area contributed by atoms with Crippen LogP contribution in [0.15, 0.2) is 22.7 Å². The van der Waals surface area contributed by atoms with Crippen LogP contribution in [0.2, 0.25) is 0 Å². The average molecular weight is 329 g/mol. The van der Waals surface area contributed by atoms with Gasteiger partial charge in [-0.3, -0.25) is 0 Å². The van der Waals surface area contributed by atoms with Crippen LogP contribution < -0.4 is 5.32 Å². The Kier molecular flexibility index (Phi) is 5.08. The van der Waals surface area contributed by atoms with Gasteiger partial charge in [-0.1, -0.05) is 15.9 Å². The summed E-state index contributed by atoms with van der Waals surface area (Å²) in [5.74, 6) is 3.71. The van der Waals surface area contributed by atoms with E-state index >= 15 is 0 Å². The first kappa shape index (κ1) is 13.1. The van der Waals surface area contributed by atoms with E-state index in [0.29, 0.717) is 10.8 Å². The lowest BCUT2D eigenvalue weighted by molar-refractivity contribution is 1.00. The summed E-state index contributed by atoms with van der Waals surface area (Å²) in [7, 11) is 0. The lowest BCUT2D eigenvalue weighted by Gasteiger charge is -2.21. The van der Waals surface area contributed by atoms with Crippen molar-refractivity contribution < 1.29 is 0 Å². The van der Waals surface area contributed by atoms with Gasteiger partial charge in [0.05, 0.1) is 11.3 Å². The van der Waals surface area contributed by atoms with Crippen molar-refractivity contribution in [1.29, 1.82) is 5.26 Å². The quantitative estimate of drug-likeness (QED) is 0.919. The van der Waals surface area contributed by atoms with Crippen molar-refractivity contribution in [2.24, 2.45) is 0 Å². The fourth-order valence-electron chi connectivity index (χ4n) is 1.64. The van der Waals surface area contributed by atoms with E-state index in [-0.39, 0.29) is 0 Å². The normalized spacial score (nSPS) is 19.6. The fourth-order valence-corrected chi connectivity index (χ4v) is 4.61. The van der Waals surface area contributed by atoms with Gasteiger partial charge in [0.15, 0.2) is 0 Å². The number of anilines is 1. The van der Waals surface area contributed by atoms with Crippen LogP contribution in [0, 0.1) is 11.3 Å². The SMILES string of the molecule is N#Cc1cc(Br)ccc1NCC1CSCCS1. The Morgan fingerprint density at radius 2 is 2.35 bits per heavy atom. The summed E-state index contributed by atoms with van der Waals surface area (Å²) in [6.07, 6.45) is 0. The molecule has 2 nitrogen and oxygen atoms in total. The topological polar surface area (TPSA) is 35.8 Å². The zero-order valence-corrected chi connectivity index (χ0v) is 12.5. The Balaban J connectivity index is 1.96. The molecule has 0 amide bonds. The summed E-state index contributed by atoms with van der Waals surface area (Å²) in [5.41, 5.74) is 1.64. The lowest BCUT2D eigenvalue weighted by atomic mass is 10.2. The van der Waals surface area contributed by atoms with Gasteiger partial charge in [-0.15, -0.1) is 0 Å². The maximum atomic E-state index is 9.06. The van der Waals surface area contributed by atoms with Crippen LogP contribution in [-0.4, -0.2) is 29.1 Å². The van der Waals surface area contributed by atoms with E-state index in [2.05, 4.69) is 27.3 Å². The van der Waals surface area contributed by atoms with Crippen molar-refractivity contribution in [2.75, 3.05) is 29.1 Å². The standard InChI is InChI=1S/C12H13BrN2S2/c13-10-1-2-12(9(5-10)6-14)15-7-11-8-16-3-4-17-11/h1-2,5,11,15H,3-4,7-8H2. The van der Waals surface area contributed by atoms with Crippen molar-refractivity contribution in [1.82, 2.24) is 0 Å². The molecule has 1 aliphatic rings. The second-order valence-corrected chi connectivity index (χ2v) is 7.22. The molecule has 1 N–H and O–H groups in total. The number of thioether (sulfide) groups is 2. The molecular weight excluding hydrogens is 316 g/mol. The van der Waals surface area contributed by atoms with Crippen LogP contribution in [0.25, 0.3) is 0 Å².